The summed E-state index contributed by atoms with van der Waals surface area (Å²) in [7, 11) is 0. The number of rotatable bonds is 5. The van der Waals surface area contributed by atoms with Crippen molar-refractivity contribution in [2.45, 2.75) is 38.6 Å². The van der Waals surface area contributed by atoms with Gasteiger partial charge in [0.15, 0.2) is 6.61 Å². The van der Waals surface area contributed by atoms with Crippen molar-refractivity contribution in [2.75, 3.05) is 6.61 Å². The van der Waals surface area contributed by atoms with Crippen LogP contribution in [0.15, 0.2) is 47.0 Å². The Labute approximate surface area is 152 Å². The second kappa shape index (κ2) is 7.20. The van der Waals surface area contributed by atoms with Gasteiger partial charge in [-0.15, -0.1) is 0 Å². The van der Waals surface area contributed by atoms with E-state index in [4.69, 9.17) is 9.15 Å². The van der Waals surface area contributed by atoms with Gasteiger partial charge in [-0.05, 0) is 56.5 Å². The number of furan rings is 1. The van der Waals surface area contributed by atoms with Crippen molar-refractivity contribution in [3.8, 4) is 5.75 Å². The Morgan fingerprint density at radius 1 is 1.27 bits per heavy atom. The normalized spacial score (nSPS) is 14.7. The summed E-state index contributed by atoms with van der Waals surface area (Å²) in [5.41, 5.74) is 3.02. The first-order valence-electron chi connectivity index (χ1n) is 9.08. The van der Waals surface area contributed by atoms with Gasteiger partial charge in [0.25, 0.3) is 5.91 Å². The first-order chi connectivity index (χ1) is 12.7. The highest BCUT2D eigenvalue weighted by Crippen LogP contribution is 2.33. The number of nitrogens with one attached hydrogen (secondary N) is 1. The lowest BCUT2D eigenvalue weighted by Crippen LogP contribution is -2.31. The third kappa shape index (κ3) is 3.43. The number of amides is 1. The molecular weight excluding hydrogens is 328 g/mol. The Morgan fingerprint density at radius 2 is 2.15 bits per heavy atom. The van der Waals surface area contributed by atoms with Crippen molar-refractivity contribution in [3.63, 3.8) is 0 Å². The number of aryl methyl sites for hydroxylation is 2. The lowest BCUT2D eigenvalue weighted by molar-refractivity contribution is -0.123. The number of carbonyl (C=O) groups is 1. The number of hydrogen-bond donors (Lipinski definition) is 1. The highest BCUT2D eigenvalue weighted by atomic mass is 16.5. The minimum atomic E-state index is -0.169. The molecule has 0 radical (unpaired) electrons. The molecule has 3 aromatic rings. The van der Waals surface area contributed by atoms with Gasteiger partial charge >= 0.3 is 0 Å². The summed E-state index contributed by atoms with van der Waals surface area (Å²) in [6, 6.07) is 11.3. The van der Waals surface area contributed by atoms with Crippen molar-refractivity contribution in [3.05, 3.63) is 59.6 Å². The van der Waals surface area contributed by atoms with Crippen LogP contribution in [0.5, 0.6) is 5.75 Å². The lowest BCUT2D eigenvalue weighted by Gasteiger charge is -2.14. The molecule has 1 aromatic carbocycles. The largest absolute Gasteiger partial charge is 0.484 e. The van der Waals surface area contributed by atoms with Crippen molar-refractivity contribution >= 4 is 16.9 Å². The van der Waals surface area contributed by atoms with Crippen LogP contribution in [0.25, 0.3) is 11.0 Å². The van der Waals surface area contributed by atoms with Gasteiger partial charge in [0, 0.05) is 23.6 Å². The van der Waals surface area contributed by atoms with Crippen LogP contribution >= 0.6 is 0 Å². The molecule has 26 heavy (non-hydrogen) atoms. The molecule has 2 heterocycles. The Hall–Kier alpha value is -2.82. The molecular formula is C21H22N2O3. The average molecular weight is 350 g/mol. The number of nitrogens with zero attached hydrogens (tertiary/aromatic N) is 1. The van der Waals surface area contributed by atoms with E-state index in [1.54, 1.807) is 6.20 Å². The molecule has 0 spiro atoms. The molecule has 1 N–H and O–H groups in total. The maximum atomic E-state index is 12.2. The number of fused-ring (bicyclic) bond motifs is 3. The Balaban J connectivity index is 1.40. The number of hydrogen-bond acceptors (Lipinski definition) is 4. The molecule has 2 aromatic heterocycles. The summed E-state index contributed by atoms with van der Waals surface area (Å²) in [5.74, 6) is 1.62. The van der Waals surface area contributed by atoms with E-state index in [0.717, 1.165) is 35.3 Å². The van der Waals surface area contributed by atoms with Crippen LogP contribution < -0.4 is 10.1 Å². The SMILES string of the molecule is CC(NC(=O)COc1ccc2oc3c(c2c1)CCCC3)c1ccccn1. The lowest BCUT2D eigenvalue weighted by atomic mass is 9.96. The van der Waals surface area contributed by atoms with Gasteiger partial charge in [-0.2, -0.15) is 0 Å². The van der Waals surface area contributed by atoms with E-state index < -0.39 is 0 Å². The summed E-state index contributed by atoms with van der Waals surface area (Å²) in [5, 5.41) is 4.01. The molecule has 0 fully saturated rings. The van der Waals surface area contributed by atoms with E-state index >= 15 is 0 Å². The molecule has 5 heteroatoms. The van der Waals surface area contributed by atoms with Crippen LogP contribution in [-0.4, -0.2) is 17.5 Å². The minimum absolute atomic E-state index is 0.0251. The topological polar surface area (TPSA) is 64.4 Å². The fraction of sp³-hybridized carbons (Fsp3) is 0.333. The molecule has 0 bridgehead atoms. The van der Waals surface area contributed by atoms with Gasteiger partial charge in [0.2, 0.25) is 0 Å². The summed E-state index contributed by atoms with van der Waals surface area (Å²) < 4.78 is 11.6. The smallest absolute Gasteiger partial charge is 0.258 e. The number of benzene rings is 1. The highest BCUT2D eigenvalue weighted by molar-refractivity contribution is 5.84. The first-order valence-corrected chi connectivity index (χ1v) is 9.08. The van der Waals surface area contributed by atoms with Crippen molar-refractivity contribution in [1.29, 1.82) is 0 Å². The van der Waals surface area contributed by atoms with Crippen LogP contribution in [0.3, 0.4) is 0 Å². The Kier molecular flexibility index (Phi) is 4.61. The zero-order chi connectivity index (χ0) is 17.9. The van der Waals surface area contributed by atoms with E-state index in [-0.39, 0.29) is 18.6 Å². The van der Waals surface area contributed by atoms with Gasteiger partial charge in [0.05, 0.1) is 11.7 Å². The monoisotopic (exact) mass is 350 g/mol. The van der Waals surface area contributed by atoms with Crippen molar-refractivity contribution in [1.82, 2.24) is 10.3 Å². The molecule has 4 rings (SSSR count). The summed E-state index contributed by atoms with van der Waals surface area (Å²) in [6.07, 6.45) is 6.16. The van der Waals surface area contributed by atoms with E-state index in [0.29, 0.717) is 5.75 Å². The molecule has 0 aliphatic heterocycles. The van der Waals surface area contributed by atoms with Gasteiger partial charge < -0.3 is 14.5 Å². The van der Waals surface area contributed by atoms with Crippen LogP contribution in [0, 0.1) is 0 Å². The quantitative estimate of drug-likeness (QED) is 0.756. The predicted molar refractivity (Wildman–Crippen MR) is 99.1 cm³/mol. The van der Waals surface area contributed by atoms with Crippen molar-refractivity contribution < 1.29 is 13.9 Å². The fourth-order valence-corrected chi connectivity index (χ4v) is 3.47. The Morgan fingerprint density at radius 3 is 3.00 bits per heavy atom. The maximum absolute atomic E-state index is 12.2. The van der Waals surface area contributed by atoms with Crippen LogP contribution in [0.4, 0.5) is 0 Å². The molecule has 5 nitrogen and oxygen atoms in total. The van der Waals surface area contributed by atoms with Gasteiger partial charge in [-0.1, -0.05) is 6.07 Å². The molecule has 134 valence electrons. The van der Waals surface area contributed by atoms with Crippen LogP contribution in [0.1, 0.15) is 42.8 Å². The van der Waals surface area contributed by atoms with E-state index in [2.05, 4.69) is 10.3 Å². The maximum Gasteiger partial charge on any atom is 0.258 e. The first kappa shape index (κ1) is 16.6. The standard InChI is InChI=1S/C21H22N2O3/c1-14(18-7-4-5-11-22-18)23-21(24)13-25-15-9-10-20-17(12-15)16-6-2-3-8-19(16)26-20/h4-5,7,9-12,14H,2-3,6,8,13H2,1H3,(H,23,24). The third-order valence-electron chi connectivity index (χ3n) is 4.81. The van der Waals surface area contributed by atoms with Gasteiger partial charge in [-0.3, -0.25) is 9.78 Å². The summed E-state index contributed by atoms with van der Waals surface area (Å²) in [6.45, 7) is 1.88. The van der Waals surface area contributed by atoms with Crippen LogP contribution in [-0.2, 0) is 17.6 Å². The number of carbonyl (C=O) groups excluding carboxylic acids is 1. The zero-order valence-electron chi connectivity index (χ0n) is 14.8. The van der Waals surface area contributed by atoms with Gasteiger partial charge in [-0.25, -0.2) is 0 Å². The Bertz CT molecular complexity index is 918. The molecule has 0 saturated carbocycles. The second-order valence-electron chi connectivity index (χ2n) is 6.70. The number of aromatic nitrogens is 1. The van der Waals surface area contributed by atoms with Crippen LogP contribution in [0.2, 0.25) is 0 Å². The summed E-state index contributed by atoms with van der Waals surface area (Å²) >= 11 is 0. The fourth-order valence-electron chi connectivity index (χ4n) is 3.47. The predicted octanol–water partition coefficient (Wildman–Crippen LogP) is 3.96. The van der Waals surface area contributed by atoms with E-state index in [9.17, 15) is 4.79 Å². The summed E-state index contributed by atoms with van der Waals surface area (Å²) in [4.78, 5) is 16.4. The molecule has 0 saturated heterocycles. The highest BCUT2D eigenvalue weighted by Gasteiger charge is 2.18. The minimum Gasteiger partial charge on any atom is -0.484 e. The molecule has 1 aliphatic carbocycles. The second-order valence-corrected chi connectivity index (χ2v) is 6.70. The molecule has 1 aliphatic rings. The molecule has 1 amide bonds. The number of ether oxygens (including phenoxy) is 1. The van der Waals surface area contributed by atoms with E-state index in [1.165, 1.54) is 18.4 Å². The van der Waals surface area contributed by atoms with Crippen molar-refractivity contribution in [2.24, 2.45) is 0 Å². The van der Waals surface area contributed by atoms with E-state index in [1.807, 2.05) is 43.3 Å². The number of pyridine rings is 1. The average Bonchev–Trinajstić information content (AvgIpc) is 3.05. The zero-order valence-corrected chi connectivity index (χ0v) is 14.8. The molecule has 1 unspecified atom stereocenters. The van der Waals surface area contributed by atoms with Gasteiger partial charge in [0.1, 0.15) is 17.1 Å². The molecule has 1 atom stereocenters. The third-order valence-corrected chi connectivity index (χ3v) is 4.81.